The van der Waals surface area contributed by atoms with Gasteiger partial charge in [-0.1, -0.05) is 18.7 Å². The van der Waals surface area contributed by atoms with Gasteiger partial charge in [-0.2, -0.15) is 0 Å². The fourth-order valence-electron chi connectivity index (χ4n) is 5.37. The lowest BCUT2D eigenvalue weighted by molar-refractivity contribution is 0.200. The van der Waals surface area contributed by atoms with Crippen LogP contribution in [-0.4, -0.2) is 52.0 Å². The largest absolute Gasteiger partial charge is 0.383 e. The number of benzene rings is 1. The highest BCUT2D eigenvalue weighted by Crippen LogP contribution is 2.34. The quantitative estimate of drug-likeness (QED) is 0.267. The zero-order valence-corrected chi connectivity index (χ0v) is 23.6. The predicted molar refractivity (Wildman–Crippen MR) is 162 cm³/mol. The van der Waals surface area contributed by atoms with E-state index in [-0.39, 0.29) is 6.04 Å². The van der Waals surface area contributed by atoms with Crippen molar-refractivity contribution in [3.05, 3.63) is 103 Å². The van der Waals surface area contributed by atoms with Crippen LogP contribution in [0.2, 0.25) is 0 Å². The highest BCUT2D eigenvalue weighted by atomic mass is 32.2. The minimum absolute atomic E-state index is 0.0735. The molecule has 1 aliphatic rings. The Morgan fingerprint density at radius 2 is 1.81 bits per heavy atom. The monoisotopic (exact) mass is 583 g/mol. The zero-order valence-electron chi connectivity index (χ0n) is 22.8. The maximum absolute atomic E-state index is 13.5. The molecule has 0 amide bonds. The number of likely N-dealkylation sites (tertiary alicyclic amines) is 1. The van der Waals surface area contributed by atoms with Gasteiger partial charge in [-0.15, -0.1) is 0 Å². The van der Waals surface area contributed by atoms with Gasteiger partial charge in [0.15, 0.2) is 0 Å². The van der Waals surface area contributed by atoms with Gasteiger partial charge in [0, 0.05) is 60.3 Å². The molecule has 9 nitrogen and oxygen atoms in total. The standard InChI is InChI=1S/C31H30FN7O2S/c1-2-42(40,41)37-24-11-14-38(15-12-24)20-21-5-8-25(9-6-21)39-29(26-4-3-13-34-31(26)33)17-28-30(39)16-22(18-35-28)27-10-7-23(32)19-36-27/h2-10,13,16-19,24,37H,1,11-12,14-15,20H2,(H2,33,34). The summed E-state index contributed by atoms with van der Waals surface area (Å²) in [5.74, 6) is 0.0182. The van der Waals surface area contributed by atoms with Crippen LogP contribution in [0.15, 0.2) is 91.2 Å². The molecule has 3 N–H and O–H groups in total. The molecule has 0 unspecified atom stereocenters. The number of nitrogens with zero attached hydrogens (tertiary/aromatic N) is 5. The van der Waals surface area contributed by atoms with E-state index in [1.54, 1.807) is 18.5 Å². The molecular formula is C31H30FN7O2S. The normalized spacial score (nSPS) is 14.8. The molecule has 5 aromatic rings. The Morgan fingerprint density at radius 3 is 2.50 bits per heavy atom. The molecule has 1 saturated heterocycles. The molecule has 11 heteroatoms. The van der Waals surface area contributed by atoms with Gasteiger partial charge >= 0.3 is 0 Å². The molecule has 6 rings (SSSR count). The van der Waals surface area contributed by atoms with E-state index in [9.17, 15) is 12.8 Å². The Kier molecular flexibility index (Phi) is 7.55. The topological polar surface area (TPSA) is 119 Å². The van der Waals surface area contributed by atoms with E-state index in [0.29, 0.717) is 11.5 Å². The fraction of sp³-hybridized carbons (Fsp3) is 0.194. The van der Waals surface area contributed by atoms with Gasteiger partial charge < -0.3 is 10.3 Å². The van der Waals surface area contributed by atoms with Crippen LogP contribution in [0.1, 0.15) is 18.4 Å². The molecule has 0 atom stereocenters. The number of anilines is 1. The molecule has 0 saturated carbocycles. The number of hydrogen-bond donors (Lipinski definition) is 2. The molecule has 1 aliphatic heterocycles. The van der Waals surface area contributed by atoms with Gasteiger partial charge in [0.25, 0.3) is 0 Å². The summed E-state index contributed by atoms with van der Waals surface area (Å²) in [7, 11) is -3.43. The highest BCUT2D eigenvalue weighted by Gasteiger charge is 2.22. The summed E-state index contributed by atoms with van der Waals surface area (Å²) >= 11 is 0. The number of nitrogen functional groups attached to an aromatic ring is 1. The molecule has 42 heavy (non-hydrogen) atoms. The van der Waals surface area contributed by atoms with Gasteiger partial charge in [-0.25, -0.2) is 22.5 Å². The number of rotatable bonds is 8. The van der Waals surface area contributed by atoms with Gasteiger partial charge in [0.2, 0.25) is 10.0 Å². The van der Waals surface area contributed by atoms with Crippen molar-refractivity contribution < 1.29 is 12.8 Å². The summed E-state index contributed by atoms with van der Waals surface area (Å²) in [4.78, 5) is 15.6. The number of halogens is 1. The molecule has 0 spiro atoms. The van der Waals surface area contributed by atoms with Crippen molar-refractivity contribution in [1.82, 2.24) is 29.1 Å². The smallest absolute Gasteiger partial charge is 0.233 e. The summed E-state index contributed by atoms with van der Waals surface area (Å²) in [6.45, 7) is 5.72. The summed E-state index contributed by atoms with van der Waals surface area (Å²) < 4.78 is 41.9. The molecular weight excluding hydrogens is 553 g/mol. The summed E-state index contributed by atoms with van der Waals surface area (Å²) in [5, 5.41) is 0.958. The molecule has 4 aromatic heterocycles. The van der Waals surface area contributed by atoms with Crippen LogP contribution >= 0.6 is 0 Å². The molecule has 5 heterocycles. The van der Waals surface area contributed by atoms with Crippen molar-refractivity contribution in [3.8, 4) is 28.2 Å². The third-order valence-corrected chi connectivity index (χ3v) is 8.63. The maximum Gasteiger partial charge on any atom is 0.233 e. The Hall–Kier alpha value is -4.45. The molecule has 214 valence electrons. The minimum Gasteiger partial charge on any atom is -0.383 e. The average molecular weight is 584 g/mol. The van der Waals surface area contributed by atoms with Gasteiger partial charge in [-0.05, 0) is 66.9 Å². The SMILES string of the molecule is C=CS(=O)(=O)NC1CCN(Cc2ccc(-n3c(-c4cccnc4N)cc4ncc(-c5ccc(F)cn5)cc43)cc2)CC1. The van der Waals surface area contributed by atoms with Crippen LogP contribution in [0.4, 0.5) is 10.2 Å². The minimum atomic E-state index is -3.43. The molecule has 0 aliphatic carbocycles. The number of piperidine rings is 1. The number of aromatic nitrogens is 4. The van der Waals surface area contributed by atoms with E-state index < -0.39 is 15.8 Å². The molecule has 0 radical (unpaired) electrons. The Bertz CT molecular complexity index is 1850. The number of pyridine rings is 3. The fourth-order valence-corrected chi connectivity index (χ4v) is 6.17. The second-order valence-electron chi connectivity index (χ2n) is 10.3. The van der Waals surface area contributed by atoms with Crippen LogP contribution < -0.4 is 10.5 Å². The first-order valence-electron chi connectivity index (χ1n) is 13.6. The lowest BCUT2D eigenvalue weighted by Crippen LogP contribution is -2.43. The second kappa shape index (κ2) is 11.4. The summed E-state index contributed by atoms with van der Waals surface area (Å²) in [6, 6.07) is 19.1. The van der Waals surface area contributed by atoms with Gasteiger partial charge in [0.05, 0.1) is 28.6 Å². The van der Waals surface area contributed by atoms with Crippen molar-refractivity contribution in [2.75, 3.05) is 18.8 Å². The first-order chi connectivity index (χ1) is 20.3. The van der Waals surface area contributed by atoms with E-state index >= 15 is 0 Å². The third-order valence-electron chi connectivity index (χ3n) is 7.53. The van der Waals surface area contributed by atoms with E-state index in [1.165, 1.54) is 12.3 Å². The number of nitrogens with one attached hydrogen (secondary N) is 1. The van der Waals surface area contributed by atoms with Crippen LogP contribution in [0.3, 0.4) is 0 Å². The molecule has 1 fully saturated rings. The zero-order chi connectivity index (χ0) is 29.3. The van der Waals surface area contributed by atoms with Crippen molar-refractivity contribution >= 4 is 26.9 Å². The Balaban J connectivity index is 1.30. The maximum atomic E-state index is 13.5. The Labute approximate surface area is 243 Å². The summed E-state index contributed by atoms with van der Waals surface area (Å²) in [5.41, 5.74) is 13.0. The van der Waals surface area contributed by atoms with Gasteiger partial charge in [-0.3, -0.25) is 14.9 Å². The lowest BCUT2D eigenvalue weighted by Gasteiger charge is -2.32. The average Bonchev–Trinajstić information content (AvgIpc) is 3.37. The van der Waals surface area contributed by atoms with Crippen molar-refractivity contribution in [2.45, 2.75) is 25.4 Å². The first-order valence-corrected chi connectivity index (χ1v) is 15.1. The highest BCUT2D eigenvalue weighted by molar-refractivity contribution is 7.92. The van der Waals surface area contributed by atoms with Crippen LogP contribution in [0.25, 0.3) is 39.2 Å². The van der Waals surface area contributed by atoms with E-state index in [0.717, 1.165) is 77.0 Å². The number of sulfonamides is 1. The van der Waals surface area contributed by atoms with Crippen molar-refractivity contribution in [2.24, 2.45) is 0 Å². The first kappa shape index (κ1) is 27.7. The lowest BCUT2D eigenvalue weighted by atomic mass is 10.1. The van der Waals surface area contributed by atoms with E-state index in [2.05, 4.69) is 55.0 Å². The second-order valence-corrected chi connectivity index (χ2v) is 12.0. The van der Waals surface area contributed by atoms with Crippen LogP contribution in [0.5, 0.6) is 0 Å². The number of hydrogen-bond acceptors (Lipinski definition) is 7. The van der Waals surface area contributed by atoms with Crippen molar-refractivity contribution in [3.63, 3.8) is 0 Å². The van der Waals surface area contributed by atoms with E-state index in [1.807, 2.05) is 24.3 Å². The van der Waals surface area contributed by atoms with Crippen molar-refractivity contribution in [1.29, 1.82) is 0 Å². The summed E-state index contributed by atoms with van der Waals surface area (Å²) in [6.07, 6.45) is 6.08. The van der Waals surface area contributed by atoms with E-state index in [4.69, 9.17) is 10.7 Å². The molecule has 0 bridgehead atoms. The predicted octanol–water partition coefficient (Wildman–Crippen LogP) is 4.90. The number of nitrogens with two attached hydrogens (primary N) is 1. The van der Waals surface area contributed by atoms with Gasteiger partial charge in [0.1, 0.15) is 11.6 Å². The third kappa shape index (κ3) is 5.80. The van der Waals surface area contributed by atoms with Crippen LogP contribution in [-0.2, 0) is 16.6 Å². The molecule has 1 aromatic carbocycles. The number of fused-ring (bicyclic) bond motifs is 1. The Morgan fingerprint density at radius 1 is 1.02 bits per heavy atom. The van der Waals surface area contributed by atoms with Crippen LogP contribution in [0, 0.1) is 5.82 Å².